The molecule has 0 unspecified atom stereocenters. The van der Waals surface area contributed by atoms with Gasteiger partial charge >= 0.3 is 5.69 Å². The van der Waals surface area contributed by atoms with Gasteiger partial charge in [0.25, 0.3) is 5.91 Å². The van der Waals surface area contributed by atoms with E-state index in [1.165, 1.54) is 6.20 Å². The van der Waals surface area contributed by atoms with Crippen LogP contribution in [-0.4, -0.2) is 26.1 Å². The third kappa shape index (κ3) is 2.92. The predicted octanol–water partition coefficient (Wildman–Crippen LogP) is 1.02. The largest absolute Gasteiger partial charge is 0.347 e. The van der Waals surface area contributed by atoms with E-state index in [4.69, 9.17) is 0 Å². The molecule has 1 amide bonds. The van der Waals surface area contributed by atoms with Crippen LogP contribution in [0.4, 0.5) is 0 Å². The van der Waals surface area contributed by atoms with Gasteiger partial charge in [0.1, 0.15) is 5.69 Å². The minimum absolute atomic E-state index is 0.217. The quantitative estimate of drug-likeness (QED) is 0.574. The van der Waals surface area contributed by atoms with E-state index >= 15 is 0 Å². The molecule has 1 aromatic carbocycles. The van der Waals surface area contributed by atoms with Crippen molar-refractivity contribution in [2.75, 3.05) is 0 Å². The van der Waals surface area contributed by atoms with Gasteiger partial charge in [0.2, 0.25) is 0 Å². The van der Waals surface area contributed by atoms with E-state index in [9.17, 15) is 9.59 Å². The van der Waals surface area contributed by atoms with Crippen molar-refractivity contribution in [3.8, 4) is 11.3 Å². The molecule has 3 rings (SSSR count). The molecule has 3 aromatic rings. The molecule has 0 aliphatic carbocycles. The van der Waals surface area contributed by atoms with E-state index in [1.54, 1.807) is 6.20 Å². The molecule has 0 atom stereocenters. The molecule has 0 fully saturated rings. The highest BCUT2D eigenvalue weighted by atomic mass is 16.2. The first kappa shape index (κ1) is 12.9. The molecule has 0 radical (unpaired) electrons. The highest BCUT2D eigenvalue weighted by Crippen LogP contribution is 2.16. The predicted molar refractivity (Wildman–Crippen MR) is 76.6 cm³/mol. The molecule has 2 aromatic heterocycles. The summed E-state index contributed by atoms with van der Waals surface area (Å²) in [7, 11) is 0. The zero-order valence-corrected chi connectivity index (χ0v) is 11.0. The van der Waals surface area contributed by atoms with Crippen LogP contribution in [-0.2, 0) is 6.54 Å². The van der Waals surface area contributed by atoms with Crippen LogP contribution in [0.5, 0.6) is 0 Å². The van der Waals surface area contributed by atoms with Gasteiger partial charge in [0.05, 0.1) is 5.69 Å². The number of carbonyl (C=O) groups excluding carboxylic acids is 1. The van der Waals surface area contributed by atoms with Gasteiger partial charge in [0.15, 0.2) is 0 Å². The number of rotatable bonds is 4. The van der Waals surface area contributed by atoms with Crippen LogP contribution < -0.4 is 11.0 Å². The maximum atomic E-state index is 11.8. The summed E-state index contributed by atoms with van der Waals surface area (Å²) in [5.41, 5.74) is 2.75. The second-order valence-corrected chi connectivity index (χ2v) is 4.51. The lowest BCUT2D eigenvalue weighted by molar-refractivity contribution is 0.0946. The summed E-state index contributed by atoms with van der Waals surface area (Å²) in [5, 5.41) is 9.53. The molecular weight excluding hydrogens is 270 g/mol. The number of nitrogens with one attached hydrogen (secondary N) is 4. The van der Waals surface area contributed by atoms with E-state index in [0.29, 0.717) is 6.54 Å². The molecule has 0 saturated carbocycles. The average molecular weight is 283 g/mol. The van der Waals surface area contributed by atoms with Crippen LogP contribution in [0.15, 0.2) is 47.5 Å². The van der Waals surface area contributed by atoms with E-state index < -0.39 is 5.69 Å². The smallest absolute Gasteiger partial charge is 0.323 e. The summed E-state index contributed by atoms with van der Waals surface area (Å²) in [6.07, 6.45) is 3.04. The Hall–Kier alpha value is -3.09. The Labute approximate surface area is 119 Å². The first-order chi connectivity index (χ1) is 10.2. The monoisotopic (exact) mass is 283 g/mol. The summed E-state index contributed by atoms with van der Waals surface area (Å²) in [6, 6.07) is 9.64. The molecule has 21 heavy (non-hydrogen) atoms. The maximum Gasteiger partial charge on any atom is 0.323 e. The standard InChI is InChI=1S/C14H13N5O2/c20-13(12-8-16-14(21)18-12)15-7-9-1-3-10(4-2-9)11-5-6-17-19-11/h1-6,8H,7H2,(H,15,20)(H,17,19)(H2,16,18,21). The van der Waals surface area contributed by atoms with Gasteiger partial charge < -0.3 is 15.3 Å². The molecule has 2 heterocycles. The molecule has 0 spiro atoms. The molecular formula is C14H13N5O2. The third-order valence-electron chi connectivity index (χ3n) is 3.06. The number of H-pyrrole nitrogens is 3. The summed E-state index contributed by atoms with van der Waals surface area (Å²) in [6.45, 7) is 0.384. The average Bonchev–Trinajstić information content (AvgIpc) is 3.16. The fourth-order valence-corrected chi connectivity index (χ4v) is 1.95. The normalized spacial score (nSPS) is 10.5. The van der Waals surface area contributed by atoms with Crippen molar-refractivity contribution in [3.05, 3.63) is 64.5 Å². The fourth-order valence-electron chi connectivity index (χ4n) is 1.95. The van der Waals surface area contributed by atoms with Gasteiger partial charge in [-0.1, -0.05) is 24.3 Å². The van der Waals surface area contributed by atoms with Gasteiger partial charge in [-0.2, -0.15) is 5.10 Å². The van der Waals surface area contributed by atoms with Crippen molar-refractivity contribution in [1.29, 1.82) is 0 Å². The Morgan fingerprint density at radius 1 is 1.19 bits per heavy atom. The van der Waals surface area contributed by atoms with Gasteiger partial charge in [-0.3, -0.25) is 9.89 Å². The first-order valence-electron chi connectivity index (χ1n) is 6.37. The number of amides is 1. The molecule has 4 N–H and O–H groups in total. The molecule has 0 saturated heterocycles. The second-order valence-electron chi connectivity index (χ2n) is 4.51. The number of carbonyl (C=O) groups is 1. The van der Waals surface area contributed by atoms with Crippen LogP contribution in [0.25, 0.3) is 11.3 Å². The summed E-state index contributed by atoms with van der Waals surface area (Å²) in [5.74, 6) is -0.328. The molecule has 7 heteroatoms. The molecule has 7 nitrogen and oxygen atoms in total. The second kappa shape index (κ2) is 5.49. The van der Waals surface area contributed by atoms with Crippen molar-refractivity contribution < 1.29 is 4.79 Å². The van der Waals surface area contributed by atoms with Crippen LogP contribution in [0.2, 0.25) is 0 Å². The lowest BCUT2D eigenvalue weighted by Gasteiger charge is -2.05. The van der Waals surface area contributed by atoms with Gasteiger partial charge in [0, 0.05) is 18.9 Å². The molecule has 0 bridgehead atoms. The number of nitrogens with zero attached hydrogens (tertiary/aromatic N) is 1. The Bertz CT molecular complexity index is 783. The Kier molecular flexibility index (Phi) is 3.38. The molecule has 0 aliphatic heterocycles. The Morgan fingerprint density at radius 3 is 2.62 bits per heavy atom. The van der Waals surface area contributed by atoms with Gasteiger partial charge in [-0.05, 0) is 17.2 Å². The van der Waals surface area contributed by atoms with Crippen molar-refractivity contribution in [3.63, 3.8) is 0 Å². The number of aromatic nitrogens is 4. The topological polar surface area (TPSA) is 106 Å². The highest BCUT2D eigenvalue weighted by molar-refractivity contribution is 5.91. The lowest BCUT2D eigenvalue weighted by atomic mass is 10.1. The minimum Gasteiger partial charge on any atom is -0.347 e. The SMILES string of the molecule is O=C(NCc1ccc(-c2ccn[nH]2)cc1)c1c[nH]c(=O)[nH]1. The van der Waals surface area contributed by atoms with Gasteiger partial charge in [-0.15, -0.1) is 0 Å². The van der Waals surface area contributed by atoms with Crippen LogP contribution in [0.1, 0.15) is 16.1 Å². The van der Waals surface area contributed by atoms with Crippen molar-refractivity contribution >= 4 is 5.91 Å². The van der Waals surface area contributed by atoms with Crippen LogP contribution in [0.3, 0.4) is 0 Å². The van der Waals surface area contributed by atoms with E-state index in [-0.39, 0.29) is 11.6 Å². The first-order valence-corrected chi connectivity index (χ1v) is 6.37. The third-order valence-corrected chi connectivity index (χ3v) is 3.06. The zero-order valence-electron chi connectivity index (χ0n) is 11.0. The fraction of sp³-hybridized carbons (Fsp3) is 0.0714. The van der Waals surface area contributed by atoms with E-state index in [1.807, 2.05) is 30.3 Å². The molecule has 106 valence electrons. The number of benzene rings is 1. The van der Waals surface area contributed by atoms with Crippen LogP contribution >= 0.6 is 0 Å². The number of hydrogen-bond donors (Lipinski definition) is 4. The Morgan fingerprint density at radius 2 is 2.00 bits per heavy atom. The minimum atomic E-state index is -0.399. The number of hydrogen-bond acceptors (Lipinski definition) is 3. The maximum absolute atomic E-state index is 11.8. The number of aromatic amines is 3. The van der Waals surface area contributed by atoms with Gasteiger partial charge in [-0.25, -0.2) is 4.79 Å². The van der Waals surface area contributed by atoms with Crippen LogP contribution in [0, 0.1) is 0 Å². The molecule has 0 aliphatic rings. The van der Waals surface area contributed by atoms with Crippen molar-refractivity contribution in [2.24, 2.45) is 0 Å². The zero-order chi connectivity index (χ0) is 14.7. The highest BCUT2D eigenvalue weighted by Gasteiger charge is 2.07. The summed E-state index contributed by atoms with van der Waals surface area (Å²) in [4.78, 5) is 27.5. The summed E-state index contributed by atoms with van der Waals surface area (Å²) >= 11 is 0. The van der Waals surface area contributed by atoms with Crippen molar-refractivity contribution in [2.45, 2.75) is 6.54 Å². The Balaban J connectivity index is 1.63. The number of imidazole rings is 1. The summed E-state index contributed by atoms with van der Waals surface area (Å²) < 4.78 is 0. The van der Waals surface area contributed by atoms with E-state index in [0.717, 1.165) is 16.8 Å². The lowest BCUT2D eigenvalue weighted by Crippen LogP contribution is -2.23. The van der Waals surface area contributed by atoms with E-state index in [2.05, 4.69) is 25.5 Å². The van der Waals surface area contributed by atoms with Crippen molar-refractivity contribution in [1.82, 2.24) is 25.5 Å².